The quantitative estimate of drug-likeness (QED) is 0.500. The van der Waals surface area contributed by atoms with Crippen molar-refractivity contribution in [3.63, 3.8) is 0 Å². The molecule has 2 aromatic carbocycles. The van der Waals surface area contributed by atoms with Crippen LogP contribution >= 0.6 is 0 Å². The molecule has 0 aliphatic carbocycles. The van der Waals surface area contributed by atoms with Crippen LogP contribution in [-0.2, 0) is 9.59 Å². The minimum Gasteiger partial charge on any atom is -0.485 e. The van der Waals surface area contributed by atoms with Crippen LogP contribution in [0, 0.1) is 0 Å². The van der Waals surface area contributed by atoms with Crippen LogP contribution in [0.5, 0.6) is 11.5 Å². The second-order valence-electron chi connectivity index (χ2n) is 5.80. The zero-order chi connectivity index (χ0) is 19.9. The van der Waals surface area contributed by atoms with Gasteiger partial charge in [0.1, 0.15) is 6.61 Å². The Morgan fingerprint density at radius 1 is 1.11 bits per heavy atom. The number of nitrogens with one attached hydrogen (secondary N) is 2. The van der Waals surface area contributed by atoms with Crippen molar-refractivity contribution in [3.05, 3.63) is 59.7 Å². The number of amides is 2. The summed E-state index contributed by atoms with van der Waals surface area (Å²) >= 11 is 0. The molecule has 0 unspecified atom stereocenters. The fraction of sp³-hybridized carbons (Fsp3) is 0.158. The number of nitrogens with zero attached hydrogens (tertiary/aromatic N) is 1. The molecular formula is C19H17N3O6. The zero-order valence-electron chi connectivity index (χ0n) is 14.6. The van der Waals surface area contributed by atoms with Gasteiger partial charge in [-0.05, 0) is 29.8 Å². The lowest BCUT2D eigenvalue weighted by atomic mass is 10.1. The largest absolute Gasteiger partial charge is 0.485 e. The van der Waals surface area contributed by atoms with E-state index in [1.165, 1.54) is 18.3 Å². The molecule has 1 aliphatic rings. The fourth-order valence-electron chi connectivity index (χ4n) is 2.36. The summed E-state index contributed by atoms with van der Waals surface area (Å²) in [5.41, 5.74) is 3.03. The van der Waals surface area contributed by atoms with E-state index in [4.69, 9.17) is 14.6 Å². The van der Waals surface area contributed by atoms with Crippen LogP contribution in [0.1, 0.15) is 15.9 Å². The first-order valence-electron chi connectivity index (χ1n) is 8.34. The van der Waals surface area contributed by atoms with E-state index in [0.29, 0.717) is 17.1 Å². The molecule has 0 spiro atoms. The first-order valence-corrected chi connectivity index (χ1v) is 8.34. The van der Waals surface area contributed by atoms with Crippen LogP contribution in [0.25, 0.3) is 0 Å². The van der Waals surface area contributed by atoms with Gasteiger partial charge in [0, 0.05) is 0 Å². The topological polar surface area (TPSA) is 126 Å². The predicted octanol–water partition coefficient (Wildman–Crippen LogP) is 0.791. The van der Waals surface area contributed by atoms with Gasteiger partial charge in [0.15, 0.2) is 11.5 Å². The SMILES string of the molecule is O=C(CNC(=O)[C@H]1COc2ccccc2O1)N/N=C/c1ccc(C(=O)O)cc1. The number of fused-ring (bicyclic) bond motifs is 1. The Morgan fingerprint density at radius 3 is 2.54 bits per heavy atom. The Balaban J connectivity index is 1.43. The van der Waals surface area contributed by atoms with E-state index >= 15 is 0 Å². The van der Waals surface area contributed by atoms with Crippen LogP contribution in [0.2, 0.25) is 0 Å². The van der Waals surface area contributed by atoms with E-state index in [-0.39, 0.29) is 18.7 Å². The maximum absolute atomic E-state index is 12.1. The van der Waals surface area contributed by atoms with Crippen molar-refractivity contribution in [3.8, 4) is 11.5 Å². The van der Waals surface area contributed by atoms with Crippen molar-refractivity contribution in [2.24, 2.45) is 5.10 Å². The first kappa shape index (κ1) is 18.9. The minimum absolute atomic E-state index is 0.0506. The first-order chi connectivity index (χ1) is 13.5. The van der Waals surface area contributed by atoms with Gasteiger partial charge in [0.2, 0.25) is 6.10 Å². The van der Waals surface area contributed by atoms with Crippen LogP contribution in [0.3, 0.4) is 0 Å². The molecule has 0 saturated carbocycles. The lowest BCUT2D eigenvalue weighted by molar-refractivity contribution is -0.132. The van der Waals surface area contributed by atoms with Crippen LogP contribution in [-0.4, -0.2) is 48.4 Å². The summed E-state index contributed by atoms with van der Waals surface area (Å²) in [6.45, 7) is -0.232. The number of carbonyl (C=O) groups excluding carboxylic acids is 2. The molecule has 2 amide bonds. The number of hydrazone groups is 1. The monoisotopic (exact) mass is 383 g/mol. The number of carboxylic acids is 1. The lowest BCUT2D eigenvalue weighted by Crippen LogP contribution is -2.46. The van der Waals surface area contributed by atoms with Gasteiger partial charge in [0.05, 0.1) is 18.3 Å². The summed E-state index contributed by atoms with van der Waals surface area (Å²) in [6, 6.07) is 13.0. The van der Waals surface area contributed by atoms with E-state index in [0.717, 1.165) is 0 Å². The van der Waals surface area contributed by atoms with Crippen molar-refractivity contribution < 1.29 is 29.0 Å². The zero-order valence-corrected chi connectivity index (χ0v) is 14.6. The maximum atomic E-state index is 12.1. The van der Waals surface area contributed by atoms with Gasteiger partial charge in [0.25, 0.3) is 11.8 Å². The van der Waals surface area contributed by atoms with E-state index < -0.39 is 23.9 Å². The highest BCUT2D eigenvalue weighted by molar-refractivity contribution is 5.90. The Hall–Kier alpha value is -3.88. The molecule has 3 N–H and O–H groups in total. The number of hydrogen-bond acceptors (Lipinski definition) is 6. The summed E-state index contributed by atoms with van der Waals surface area (Å²) in [6.07, 6.45) is 0.513. The molecule has 0 radical (unpaired) electrons. The molecular weight excluding hydrogens is 366 g/mol. The standard InChI is InChI=1S/C19H17N3O6/c23-17(22-21-9-12-5-7-13(8-6-12)19(25)26)10-20-18(24)16-11-27-14-3-1-2-4-15(14)28-16/h1-9,16H,10-11H2,(H,20,24)(H,22,23)(H,25,26)/b21-9+/t16-/m1/s1. The lowest BCUT2D eigenvalue weighted by Gasteiger charge is -2.25. The van der Waals surface area contributed by atoms with Crippen LogP contribution in [0.15, 0.2) is 53.6 Å². The highest BCUT2D eigenvalue weighted by Gasteiger charge is 2.27. The smallest absolute Gasteiger partial charge is 0.335 e. The molecule has 0 aromatic heterocycles. The van der Waals surface area contributed by atoms with Gasteiger partial charge < -0.3 is 19.9 Å². The second-order valence-corrected chi connectivity index (χ2v) is 5.80. The predicted molar refractivity (Wildman–Crippen MR) is 98.5 cm³/mol. The Kier molecular flexibility index (Phi) is 5.85. The molecule has 0 saturated heterocycles. The summed E-state index contributed by atoms with van der Waals surface area (Å²) < 4.78 is 11.0. The van der Waals surface area contributed by atoms with E-state index in [9.17, 15) is 14.4 Å². The molecule has 144 valence electrons. The highest BCUT2D eigenvalue weighted by Crippen LogP contribution is 2.30. The van der Waals surface area contributed by atoms with E-state index in [1.54, 1.807) is 36.4 Å². The molecule has 3 rings (SSSR count). The molecule has 0 fully saturated rings. The average molecular weight is 383 g/mol. The number of carboxylic acid groups (broad SMARTS) is 1. The number of para-hydroxylation sites is 2. The fourth-order valence-corrected chi connectivity index (χ4v) is 2.36. The van der Waals surface area contributed by atoms with Gasteiger partial charge in [-0.15, -0.1) is 0 Å². The average Bonchev–Trinajstić information content (AvgIpc) is 2.72. The van der Waals surface area contributed by atoms with Gasteiger partial charge in [-0.3, -0.25) is 9.59 Å². The van der Waals surface area contributed by atoms with E-state index in [1.807, 2.05) is 0 Å². The van der Waals surface area contributed by atoms with Crippen molar-refractivity contribution in [1.82, 2.24) is 10.7 Å². The molecule has 0 bridgehead atoms. The van der Waals surface area contributed by atoms with Crippen molar-refractivity contribution in [2.45, 2.75) is 6.10 Å². The normalized spacial score (nSPS) is 15.1. The number of rotatable bonds is 6. The van der Waals surface area contributed by atoms with Crippen molar-refractivity contribution in [2.75, 3.05) is 13.2 Å². The molecule has 2 aromatic rings. The minimum atomic E-state index is -1.02. The van der Waals surface area contributed by atoms with Crippen molar-refractivity contribution >= 4 is 24.0 Å². The van der Waals surface area contributed by atoms with E-state index in [2.05, 4.69) is 15.8 Å². The molecule has 9 heteroatoms. The van der Waals surface area contributed by atoms with Gasteiger partial charge >= 0.3 is 5.97 Å². The Bertz CT molecular complexity index is 910. The number of aromatic carboxylic acids is 1. The number of carbonyl (C=O) groups is 3. The van der Waals surface area contributed by atoms with Gasteiger partial charge in [-0.25, -0.2) is 10.2 Å². The van der Waals surface area contributed by atoms with Gasteiger partial charge in [-0.2, -0.15) is 5.10 Å². The summed E-state index contributed by atoms with van der Waals surface area (Å²) in [7, 11) is 0. The van der Waals surface area contributed by atoms with Crippen LogP contribution < -0.4 is 20.2 Å². The van der Waals surface area contributed by atoms with Crippen LogP contribution in [0.4, 0.5) is 0 Å². The summed E-state index contributed by atoms with van der Waals surface area (Å²) in [5, 5.41) is 15.0. The summed E-state index contributed by atoms with van der Waals surface area (Å²) in [5.74, 6) is -0.989. The third kappa shape index (κ3) is 4.85. The third-order valence-corrected chi connectivity index (χ3v) is 3.78. The molecule has 9 nitrogen and oxygen atoms in total. The molecule has 28 heavy (non-hydrogen) atoms. The maximum Gasteiger partial charge on any atom is 0.335 e. The number of benzene rings is 2. The second kappa shape index (κ2) is 8.67. The Labute approximate surface area is 160 Å². The van der Waals surface area contributed by atoms with Gasteiger partial charge in [-0.1, -0.05) is 24.3 Å². The molecule has 1 heterocycles. The number of ether oxygens (including phenoxy) is 2. The Morgan fingerprint density at radius 2 is 1.82 bits per heavy atom. The third-order valence-electron chi connectivity index (χ3n) is 3.78. The highest BCUT2D eigenvalue weighted by atomic mass is 16.6. The van der Waals surface area contributed by atoms with Crippen molar-refractivity contribution in [1.29, 1.82) is 0 Å². The summed E-state index contributed by atoms with van der Waals surface area (Å²) in [4.78, 5) is 34.7. The molecule has 1 atom stereocenters. The number of hydrogen-bond donors (Lipinski definition) is 3. The molecule has 1 aliphatic heterocycles.